The Morgan fingerprint density at radius 2 is 1.92 bits per heavy atom. The third-order valence-electron chi connectivity index (χ3n) is 1.55. The van der Waals surface area contributed by atoms with Gasteiger partial charge in [0.25, 0.3) is 0 Å². The molecule has 0 spiro atoms. The average Bonchev–Trinajstić information content (AvgIpc) is 2.09. The molecule has 0 radical (unpaired) electrons. The molecule has 3 heteroatoms. The number of rotatable bonds is 3. The second-order valence-corrected chi connectivity index (χ2v) is 2.44. The molecule has 1 N–H and O–H groups in total. The first-order valence-electron chi connectivity index (χ1n) is 3.86. The fourth-order valence-corrected chi connectivity index (χ4v) is 0.974. The molecule has 0 amide bonds. The lowest BCUT2D eigenvalue weighted by atomic mass is 10.1. The van der Waals surface area contributed by atoms with E-state index in [1.165, 1.54) is 0 Å². The molecule has 0 aliphatic rings. The summed E-state index contributed by atoms with van der Waals surface area (Å²) in [4.78, 5) is 0. The largest absolute Gasteiger partial charge is 0.396 e. The minimum absolute atomic E-state index is 0.189. The highest BCUT2D eigenvalue weighted by atomic mass is 16.2. The van der Waals surface area contributed by atoms with E-state index in [0.717, 1.165) is 11.3 Å². The summed E-state index contributed by atoms with van der Waals surface area (Å²) >= 11 is 0. The van der Waals surface area contributed by atoms with Gasteiger partial charge in [0.05, 0.1) is 5.69 Å². The maximum Gasteiger partial charge on any atom is 0.0852 e. The fraction of sp³-hybridized carbons (Fsp3) is 0.333. The van der Waals surface area contributed by atoms with Crippen LogP contribution in [0, 0.1) is 0 Å². The molecule has 0 aliphatic carbocycles. The van der Waals surface area contributed by atoms with Crippen LogP contribution in [0.5, 0.6) is 0 Å². The first-order valence-corrected chi connectivity index (χ1v) is 3.86. The molecule has 1 aromatic carbocycles. The van der Waals surface area contributed by atoms with Crippen molar-refractivity contribution in [3.05, 3.63) is 29.8 Å². The molecule has 3 nitrogen and oxygen atoms in total. The number of azo groups is 1. The van der Waals surface area contributed by atoms with E-state index in [-0.39, 0.29) is 6.61 Å². The zero-order valence-electron chi connectivity index (χ0n) is 7.07. The Hall–Kier alpha value is -1.22. The molecule has 0 saturated carbocycles. The summed E-state index contributed by atoms with van der Waals surface area (Å²) in [5, 5.41) is 16.2. The lowest BCUT2D eigenvalue weighted by Gasteiger charge is -1.96. The summed E-state index contributed by atoms with van der Waals surface area (Å²) in [6, 6.07) is 7.66. The van der Waals surface area contributed by atoms with Gasteiger partial charge in [0.1, 0.15) is 0 Å². The highest BCUT2D eigenvalue weighted by Crippen LogP contribution is 2.13. The predicted octanol–water partition coefficient (Wildman–Crippen LogP) is 1.93. The SMILES string of the molecule is C/N=N/c1ccc(CCO)cc1. The van der Waals surface area contributed by atoms with Crippen LogP contribution in [0.4, 0.5) is 5.69 Å². The van der Waals surface area contributed by atoms with E-state index < -0.39 is 0 Å². The van der Waals surface area contributed by atoms with Crippen LogP contribution in [0.2, 0.25) is 0 Å². The Kier molecular flexibility index (Phi) is 3.41. The number of aliphatic hydroxyl groups is 1. The topological polar surface area (TPSA) is 45.0 Å². The summed E-state index contributed by atoms with van der Waals surface area (Å²) in [6.45, 7) is 0.189. The van der Waals surface area contributed by atoms with E-state index in [2.05, 4.69) is 10.2 Å². The predicted molar refractivity (Wildman–Crippen MR) is 47.7 cm³/mol. The van der Waals surface area contributed by atoms with Crippen molar-refractivity contribution in [3.63, 3.8) is 0 Å². The molecule has 12 heavy (non-hydrogen) atoms. The number of hydrogen-bond acceptors (Lipinski definition) is 3. The molecule has 0 bridgehead atoms. The van der Waals surface area contributed by atoms with Crippen LogP contribution in [-0.2, 0) is 6.42 Å². The maximum absolute atomic E-state index is 8.65. The fourth-order valence-electron chi connectivity index (χ4n) is 0.974. The van der Waals surface area contributed by atoms with Crippen LogP contribution >= 0.6 is 0 Å². The van der Waals surface area contributed by atoms with E-state index in [4.69, 9.17) is 5.11 Å². The van der Waals surface area contributed by atoms with E-state index in [1.54, 1.807) is 7.05 Å². The maximum atomic E-state index is 8.65. The molecular weight excluding hydrogens is 152 g/mol. The molecular formula is C9H12N2O. The summed E-state index contributed by atoms with van der Waals surface area (Å²) in [6.07, 6.45) is 0.698. The van der Waals surface area contributed by atoms with Crippen LogP contribution in [-0.4, -0.2) is 18.8 Å². The highest BCUT2D eigenvalue weighted by Gasteiger charge is 1.91. The summed E-state index contributed by atoms with van der Waals surface area (Å²) in [5.41, 5.74) is 1.96. The molecule has 64 valence electrons. The standard InChI is InChI=1S/C9H12N2O/c1-10-11-9-4-2-8(3-5-9)6-7-12/h2-5,12H,6-7H2,1H3/b11-10+. The zero-order valence-corrected chi connectivity index (χ0v) is 7.07. The van der Waals surface area contributed by atoms with Gasteiger partial charge in [-0.15, -0.1) is 0 Å². The minimum atomic E-state index is 0.189. The van der Waals surface area contributed by atoms with Crippen molar-refractivity contribution < 1.29 is 5.11 Å². The van der Waals surface area contributed by atoms with Crippen molar-refractivity contribution in [1.29, 1.82) is 0 Å². The van der Waals surface area contributed by atoms with Gasteiger partial charge in [-0.25, -0.2) is 0 Å². The first-order chi connectivity index (χ1) is 5.86. The van der Waals surface area contributed by atoms with Gasteiger partial charge in [-0.3, -0.25) is 0 Å². The summed E-state index contributed by atoms with van der Waals surface area (Å²) < 4.78 is 0. The Labute approximate surface area is 71.8 Å². The van der Waals surface area contributed by atoms with Crippen LogP contribution in [0.1, 0.15) is 5.56 Å². The van der Waals surface area contributed by atoms with Crippen molar-refractivity contribution in [2.24, 2.45) is 10.2 Å². The number of aliphatic hydroxyl groups excluding tert-OH is 1. The van der Waals surface area contributed by atoms with Gasteiger partial charge >= 0.3 is 0 Å². The van der Waals surface area contributed by atoms with Gasteiger partial charge in [-0.1, -0.05) is 12.1 Å². The van der Waals surface area contributed by atoms with Crippen LogP contribution < -0.4 is 0 Å². The Balaban J connectivity index is 2.71. The number of nitrogens with zero attached hydrogens (tertiary/aromatic N) is 2. The normalized spacial score (nSPS) is 10.8. The van der Waals surface area contributed by atoms with Gasteiger partial charge < -0.3 is 5.11 Å². The molecule has 1 aromatic rings. The second-order valence-electron chi connectivity index (χ2n) is 2.44. The van der Waals surface area contributed by atoms with Crippen LogP contribution in [0.15, 0.2) is 34.5 Å². The van der Waals surface area contributed by atoms with Gasteiger partial charge in [0.15, 0.2) is 0 Å². The molecule has 0 aromatic heterocycles. The number of hydrogen-bond donors (Lipinski definition) is 1. The summed E-state index contributed by atoms with van der Waals surface area (Å²) in [7, 11) is 1.64. The van der Waals surface area contributed by atoms with E-state index in [0.29, 0.717) is 6.42 Å². The third-order valence-corrected chi connectivity index (χ3v) is 1.55. The van der Waals surface area contributed by atoms with Gasteiger partial charge in [-0.2, -0.15) is 10.2 Å². The molecule has 0 atom stereocenters. The second kappa shape index (κ2) is 4.62. The lowest BCUT2D eigenvalue weighted by Crippen LogP contribution is -1.88. The molecule has 0 heterocycles. The van der Waals surface area contributed by atoms with Gasteiger partial charge in [-0.05, 0) is 24.1 Å². The van der Waals surface area contributed by atoms with Crippen molar-refractivity contribution >= 4 is 5.69 Å². The summed E-state index contributed by atoms with van der Waals surface area (Å²) in [5.74, 6) is 0. The van der Waals surface area contributed by atoms with Crippen molar-refractivity contribution in [2.75, 3.05) is 13.7 Å². The highest BCUT2D eigenvalue weighted by molar-refractivity contribution is 5.38. The molecule has 0 unspecified atom stereocenters. The monoisotopic (exact) mass is 164 g/mol. The van der Waals surface area contributed by atoms with Crippen LogP contribution in [0.3, 0.4) is 0 Å². The van der Waals surface area contributed by atoms with Crippen molar-refractivity contribution in [1.82, 2.24) is 0 Å². The lowest BCUT2D eigenvalue weighted by molar-refractivity contribution is 0.299. The Morgan fingerprint density at radius 3 is 2.42 bits per heavy atom. The smallest absolute Gasteiger partial charge is 0.0852 e. The molecule has 0 aliphatic heterocycles. The molecule has 1 rings (SSSR count). The van der Waals surface area contributed by atoms with Gasteiger partial charge in [0.2, 0.25) is 0 Å². The van der Waals surface area contributed by atoms with Crippen molar-refractivity contribution in [2.45, 2.75) is 6.42 Å². The van der Waals surface area contributed by atoms with E-state index >= 15 is 0 Å². The Morgan fingerprint density at radius 1 is 1.25 bits per heavy atom. The minimum Gasteiger partial charge on any atom is -0.396 e. The van der Waals surface area contributed by atoms with E-state index in [9.17, 15) is 0 Å². The molecule has 0 fully saturated rings. The Bertz CT molecular complexity index is 254. The van der Waals surface area contributed by atoms with E-state index in [1.807, 2.05) is 24.3 Å². The molecule has 0 saturated heterocycles. The van der Waals surface area contributed by atoms with Crippen LogP contribution in [0.25, 0.3) is 0 Å². The zero-order chi connectivity index (χ0) is 8.81. The third kappa shape index (κ3) is 2.43. The average molecular weight is 164 g/mol. The number of benzene rings is 1. The first kappa shape index (κ1) is 8.87. The quantitative estimate of drug-likeness (QED) is 0.681. The van der Waals surface area contributed by atoms with Crippen molar-refractivity contribution in [3.8, 4) is 0 Å². The van der Waals surface area contributed by atoms with Gasteiger partial charge in [0, 0.05) is 13.7 Å².